The summed E-state index contributed by atoms with van der Waals surface area (Å²) in [6.45, 7) is 4.53. The Balaban J connectivity index is 1.59. The molecule has 1 aromatic carbocycles. The Bertz CT molecular complexity index is 1050. The van der Waals surface area contributed by atoms with Gasteiger partial charge in [-0.3, -0.25) is 14.6 Å². The second-order valence-corrected chi connectivity index (χ2v) is 9.14. The number of aromatic nitrogens is 1. The number of carbonyl (C=O) groups excluding carboxylic acids is 3. The first-order valence-corrected chi connectivity index (χ1v) is 11.7. The SMILES string of the molecule is CC(C)CC(OC(=O)NCc1ccccc1)C(=O)NC1(C#N)CCN(C(=O)Cc2ccncc2)C1. The smallest absolute Gasteiger partial charge is 0.408 e. The summed E-state index contributed by atoms with van der Waals surface area (Å²) in [4.78, 5) is 43.7. The van der Waals surface area contributed by atoms with E-state index in [0.29, 0.717) is 19.4 Å². The number of rotatable bonds is 9. The highest BCUT2D eigenvalue weighted by atomic mass is 16.6. The lowest BCUT2D eigenvalue weighted by atomic mass is 9.98. The highest BCUT2D eigenvalue weighted by Crippen LogP contribution is 2.23. The van der Waals surface area contributed by atoms with E-state index in [-0.39, 0.29) is 31.3 Å². The van der Waals surface area contributed by atoms with Crippen molar-refractivity contribution in [3.63, 3.8) is 0 Å². The maximum absolute atomic E-state index is 13.1. The second kappa shape index (κ2) is 12.0. The molecule has 2 heterocycles. The summed E-state index contributed by atoms with van der Waals surface area (Å²) >= 11 is 0. The predicted octanol–water partition coefficient (Wildman–Crippen LogP) is 2.58. The lowest BCUT2D eigenvalue weighted by Gasteiger charge is -2.27. The van der Waals surface area contributed by atoms with Crippen molar-refractivity contribution in [1.29, 1.82) is 5.26 Å². The van der Waals surface area contributed by atoms with Crippen molar-refractivity contribution >= 4 is 17.9 Å². The second-order valence-electron chi connectivity index (χ2n) is 9.14. The van der Waals surface area contributed by atoms with E-state index in [9.17, 15) is 19.6 Å². The van der Waals surface area contributed by atoms with Gasteiger partial charge in [0, 0.05) is 31.9 Å². The normalized spacial score (nSPS) is 17.9. The van der Waals surface area contributed by atoms with Gasteiger partial charge in [-0.1, -0.05) is 44.2 Å². The standard InChI is InChI=1S/C26H31N5O4/c1-19(2)14-22(35-25(34)29-16-21-6-4-3-5-7-21)24(33)30-26(17-27)10-13-31(18-26)23(32)15-20-8-11-28-12-9-20/h3-9,11-12,19,22H,10,13-16,18H2,1-2H3,(H,29,34)(H,30,33). The maximum Gasteiger partial charge on any atom is 0.408 e. The summed E-state index contributed by atoms with van der Waals surface area (Å²) in [7, 11) is 0. The molecule has 0 aliphatic carbocycles. The van der Waals surface area contributed by atoms with Gasteiger partial charge < -0.3 is 20.3 Å². The minimum absolute atomic E-state index is 0.0766. The molecular formula is C26H31N5O4. The molecule has 35 heavy (non-hydrogen) atoms. The Morgan fingerprint density at radius 3 is 2.51 bits per heavy atom. The van der Waals surface area contributed by atoms with E-state index in [1.165, 1.54) is 0 Å². The number of hydrogen-bond donors (Lipinski definition) is 2. The van der Waals surface area contributed by atoms with Gasteiger partial charge in [-0.25, -0.2) is 4.79 Å². The average molecular weight is 478 g/mol. The summed E-state index contributed by atoms with van der Waals surface area (Å²) < 4.78 is 5.44. The summed E-state index contributed by atoms with van der Waals surface area (Å²) in [5, 5.41) is 15.3. The fraction of sp³-hybridized carbons (Fsp3) is 0.423. The van der Waals surface area contributed by atoms with Gasteiger partial charge in [0.05, 0.1) is 19.0 Å². The first-order chi connectivity index (χ1) is 16.8. The molecule has 1 aliphatic rings. The van der Waals surface area contributed by atoms with Crippen molar-refractivity contribution < 1.29 is 19.1 Å². The predicted molar refractivity (Wildman–Crippen MR) is 129 cm³/mol. The zero-order valence-corrected chi connectivity index (χ0v) is 20.1. The molecule has 0 bridgehead atoms. The van der Waals surface area contributed by atoms with Crippen LogP contribution in [0.25, 0.3) is 0 Å². The number of carbonyl (C=O) groups is 3. The number of alkyl carbamates (subject to hydrolysis) is 1. The van der Waals surface area contributed by atoms with Gasteiger partial charge in [0.2, 0.25) is 5.91 Å². The molecule has 3 rings (SSSR count). The number of pyridine rings is 1. The van der Waals surface area contributed by atoms with Gasteiger partial charge in [-0.05, 0) is 35.6 Å². The first-order valence-electron chi connectivity index (χ1n) is 11.7. The van der Waals surface area contributed by atoms with Crippen molar-refractivity contribution in [3.05, 3.63) is 66.0 Å². The summed E-state index contributed by atoms with van der Waals surface area (Å²) in [6.07, 6.45) is 2.27. The number of nitrogens with one attached hydrogen (secondary N) is 2. The molecule has 0 radical (unpaired) electrons. The lowest BCUT2D eigenvalue weighted by Crippen LogP contribution is -2.54. The average Bonchev–Trinajstić information content (AvgIpc) is 3.28. The van der Waals surface area contributed by atoms with Crippen LogP contribution in [-0.4, -0.2) is 52.5 Å². The summed E-state index contributed by atoms with van der Waals surface area (Å²) in [6, 6.07) is 15.1. The highest BCUT2D eigenvalue weighted by molar-refractivity contribution is 5.85. The third-order valence-corrected chi connectivity index (χ3v) is 5.81. The number of benzene rings is 1. The van der Waals surface area contributed by atoms with E-state index in [4.69, 9.17) is 4.74 Å². The van der Waals surface area contributed by atoms with Crippen molar-refractivity contribution in [2.45, 2.75) is 51.3 Å². The highest BCUT2D eigenvalue weighted by Gasteiger charge is 2.43. The van der Waals surface area contributed by atoms with E-state index >= 15 is 0 Å². The van der Waals surface area contributed by atoms with E-state index < -0.39 is 23.6 Å². The number of likely N-dealkylation sites (tertiary alicyclic amines) is 1. The number of amides is 3. The molecule has 2 aromatic rings. The van der Waals surface area contributed by atoms with Crippen LogP contribution in [0.1, 0.15) is 37.8 Å². The number of hydrogen-bond acceptors (Lipinski definition) is 6. The monoisotopic (exact) mass is 477 g/mol. The van der Waals surface area contributed by atoms with Crippen LogP contribution >= 0.6 is 0 Å². The fourth-order valence-electron chi connectivity index (χ4n) is 3.93. The first kappa shape index (κ1) is 25.7. The van der Waals surface area contributed by atoms with Crippen LogP contribution in [-0.2, 0) is 27.3 Å². The quantitative estimate of drug-likeness (QED) is 0.572. The lowest BCUT2D eigenvalue weighted by molar-refractivity contribution is -0.133. The Labute approximate surface area is 205 Å². The third kappa shape index (κ3) is 7.54. The molecule has 9 nitrogen and oxygen atoms in total. The summed E-state index contributed by atoms with van der Waals surface area (Å²) in [5.74, 6) is -0.593. The molecule has 184 valence electrons. The van der Waals surface area contributed by atoms with E-state index in [2.05, 4.69) is 21.7 Å². The third-order valence-electron chi connectivity index (χ3n) is 5.81. The van der Waals surface area contributed by atoms with Crippen molar-refractivity contribution in [1.82, 2.24) is 20.5 Å². The molecular weight excluding hydrogens is 446 g/mol. The molecule has 2 atom stereocenters. The van der Waals surface area contributed by atoms with Crippen LogP contribution in [0.4, 0.5) is 4.79 Å². The fourth-order valence-corrected chi connectivity index (χ4v) is 3.93. The van der Waals surface area contributed by atoms with Crippen LogP contribution in [0.15, 0.2) is 54.9 Å². The molecule has 0 saturated carbocycles. The largest absolute Gasteiger partial charge is 0.436 e. The molecule has 1 saturated heterocycles. The summed E-state index contributed by atoms with van der Waals surface area (Å²) in [5.41, 5.74) is 0.500. The molecule has 9 heteroatoms. The molecule has 2 N–H and O–H groups in total. The van der Waals surface area contributed by atoms with Crippen molar-refractivity contribution in [2.24, 2.45) is 5.92 Å². The molecule has 1 aromatic heterocycles. The van der Waals surface area contributed by atoms with Crippen LogP contribution in [0.2, 0.25) is 0 Å². The Kier molecular flexibility index (Phi) is 8.79. The zero-order chi connectivity index (χ0) is 25.3. The van der Waals surface area contributed by atoms with Crippen molar-refractivity contribution in [3.8, 4) is 6.07 Å². The number of nitrogens with zero attached hydrogens (tertiary/aromatic N) is 3. The van der Waals surface area contributed by atoms with Crippen LogP contribution < -0.4 is 10.6 Å². The van der Waals surface area contributed by atoms with Gasteiger partial charge in [0.25, 0.3) is 5.91 Å². The Morgan fingerprint density at radius 1 is 1.14 bits per heavy atom. The zero-order valence-electron chi connectivity index (χ0n) is 20.1. The Morgan fingerprint density at radius 2 is 1.86 bits per heavy atom. The molecule has 1 fully saturated rings. The molecule has 1 aliphatic heterocycles. The van der Waals surface area contributed by atoms with Gasteiger partial charge in [-0.2, -0.15) is 5.26 Å². The van der Waals surface area contributed by atoms with E-state index in [1.54, 1.807) is 29.4 Å². The Hall–Kier alpha value is -3.93. The van der Waals surface area contributed by atoms with Gasteiger partial charge in [0.15, 0.2) is 6.10 Å². The van der Waals surface area contributed by atoms with Crippen LogP contribution in [0.5, 0.6) is 0 Å². The molecule has 0 spiro atoms. The number of ether oxygens (including phenoxy) is 1. The van der Waals surface area contributed by atoms with E-state index in [0.717, 1.165) is 11.1 Å². The van der Waals surface area contributed by atoms with Gasteiger partial charge >= 0.3 is 6.09 Å². The minimum Gasteiger partial charge on any atom is -0.436 e. The molecule has 2 unspecified atom stereocenters. The van der Waals surface area contributed by atoms with Crippen molar-refractivity contribution in [2.75, 3.05) is 13.1 Å². The van der Waals surface area contributed by atoms with Gasteiger partial charge in [0.1, 0.15) is 5.54 Å². The number of nitriles is 1. The van der Waals surface area contributed by atoms with E-state index in [1.807, 2.05) is 44.2 Å². The van der Waals surface area contributed by atoms with Crippen LogP contribution in [0.3, 0.4) is 0 Å². The van der Waals surface area contributed by atoms with Crippen LogP contribution in [0, 0.1) is 17.2 Å². The maximum atomic E-state index is 13.1. The minimum atomic E-state index is -1.23. The topological polar surface area (TPSA) is 124 Å². The van der Waals surface area contributed by atoms with Gasteiger partial charge in [-0.15, -0.1) is 0 Å². The molecule has 3 amide bonds.